The van der Waals surface area contributed by atoms with Gasteiger partial charge in [-0.1, -0.05) is 6.92 Å². The quantitative estimate of drug-likeness (QED) is 0.581. The van der Waals surface area contributed by atoms with Crippen LogP contribution in [0.3, 0.4) is 0 Å². The van der Waals surface area contributed by atoms with Gasteiger partial charge in [0.25, 0.3) is 0 Å². The van der Waals surface area contributed by atoms with Crippen LogP contribution in [0.4, 0.5) is 0 Å². The normalized spacial score (nSPS) is 15.3. The van der Waals surface area contributed by atoms with Gasteiger partial charge in [0.1, 0.15) is 0 Å². The minimum atomic E-state index is -0.0195. The Morgan fingerprint density at radius 1 is 1.50 bits per heavy atom. The second-order valence-electron chi connectivity index (χ2n) is 3.43. The molecule has 0 aromatic rings. The molecule has 0 aromatic carbocycles. The molecule has 62 valence electrons. The molecule has 0 saturated carbocycles. The minimum Gasteiger partial charge on any atom is -0.379 e. The Labute approximate surface area is 68.7 Å². The fourth-order valence-electron chi connectivity index (χ4n) is 0.977. The van der Waals surface area contributed by atoms with Crippen molar-refractivity contribution in [2.45, 2.75) is 32.8 Å². The Balaban J connectivity index is 3.64. The lowest BCUT2D eigenvalue weighted by atomic mass is 9.96. The van der Waals surface area contributed by atoms with Crippen molar-refractivity contribution >= 4 is 11.6 Å². The molecule has 0 rings (SSSR count). The molecule has 0 fully saturated rings. The molecule has 2 heteroatoms. The van der Waals surface area contributed by atoms with E-state index in [1.54, 1.807) is 7.11 Å². The smallest absolute Gasteiger partial charge is 0.0625 e. The van der Waals surface area contributed by atoms with Crippen LogP contribution in [0.1, 0.15) is 27.2 Å². The largest absolute Gasteiger partial charge is 0.379 e. The van der Waals surface area contributed by atoms with E-state index < -0.39 is 0 Å². The second kappa shape index (κ2) is 4.20. The molecule has 0 bridgehead atoms. The van der Waals surface area contributed by atoms with Crippen LogP contribution in [-0.2, 0) is 4.74 Å². The number of rotatable bonds is 4. The van der Waals surface area contributed by atoms with E-state index in [0.717, 1.165) is 6.42 Å². The van der Waals surface area contributed by atoms with Gasteiger partial charge in [-0.3, -0.25) is 0 Å². The summed E-state index contributed by atoms with van der Waals surface area (Å²) in [5, 5.41) is 0. The molecular weight excluding hydrogens is 148 g/mol. The Morgan fingerprint density at radius 2 is 2.00 bits per heavy atom. The maximum Gasteiger partial charge on any atom is 0.0625 e. The van der Waals surface area contributed by atoms with Crippen molar-refractivity contribution in [3.8, 4) is 0 Å². The third-order valence-electron chi connectivity index (χ3n) is 1.66. The van der Waals surface area contributed by atoms with Gasteiger partial charge in [0.2, 0.25) is 0 Å². The standard InChI is InChI=1S/C8H17ClO/c1-7(6-9)5-8(2,3)10-4/h7H,5-6H2,1-4H3. The van der Waals surface area contributed by atoms with Gasteiger partial charge in [-0.15, -0.1) is 11.6 Å². The molecule has 0 aromatic heterocycles. The Bertz CT molecular complexity index is 91.3. The Hall–Kier alpha value is 0.250. The SMILES string of the molecule is COC(C)(C)CC(C)CCl. The Kier molecular flexibility index (Phi) is 4.30. The molecule has 0 amide bonds. The van der Waals surface area contributed by atoms with E-state index in [9.17, 15) is 0 Å². The molecule has 1 atom stereocenters. The van der Waals surface area contributed by atoms with E-state index >= 15 is 0 Å². The van der Waals surface area contributed by atoms with Crippen LogP contribution in [-0.4, -0.2) is 18.6 Å². The van der Waals surface area contributed by atoms with Crippen molar-refractivity contribution in [2.24, 2.45) is 5.92 Å². The Morgan fingerprint density at radius 3 is 2.30 bits per heavy atom. The summed E-state index contributed by atoms with van der Waals surface area (Å²) in [4.78, 5) is 0. The summed E-state index contributed by atoms with van der Waals surface area (Å²) in [7, 11) is 1.74. The van der Waals surface area contributed by atoms with Gasteiger partial charge < -0.3 is 4.74 Å². The number of ether oxygens (including phenoxy) is 1. The second-order valence-corrected chi connectivity index (χ2v) is 3.74. The highest BCUT2D eigenvalue weighted by atomic mass is 35.5. The predicted octanol–water partition coefficient (Wildman–Crippen LogP) is 2.68. The van der Waals surface area contributed by atoms with Crippen LogP contribution in [0, 0.1) is 5.92 Å². The number of alkyl halides is 1. The number of halogens is 1. The van der Waals surface area contributed by atoms with E-state index in [1.807, 2.05) is 0 Å². The summed E-state index contributed by atoms with van der Waals surface area (Å²) >= 11 is 5.66. The van der Waals surface area contributed by atoms with Crippen LogP contribution in [0.5, 0.6) is 0 Å². The average Bonchev–Trinajstić information content (AvgIpc) is 1.87. The van der Waals surface area contributed by atoms with E-state index in [1.165, 1.54) is 0 Å². The average molecular weight is 165 g/mol. The van der Waals surface area contributed by atoms with Crippen molar-refractivity contribution < 1.29 is 4.74 Å². The van der Waals surface area contributed by atoms with E-state index in [0.29, 0.717) is 11.8 Å². The third-order valence-corrected chi connectivity index (χ3v) is 2.18. The van der Waals surface area contributed by atoms with Crippen LogP contribution < -0.4 is 0 Å². The van der Waals surface area contributed by atoms with Gasteiger partial charge in [0.15, 0.2) is 0 Å². The van der Waals surface area contributed by atoms with Crippen LogP contribution >= 0.6 is 11.6 Å². The molecule has 10 heavy (non-hydrogen) atoms. The van der Waals surface area contributed by atoms with Gasteiger partial charge >= 0.3 is 0 Å². The first-order valence-electron chi connectivity index (χ1n) is 3.63. The molecule has 0 heterocycles. The van der Waals surface area contributed by atoms with Crippen LogP contribution in [0.2, 0.25) is 0 Å². The highest BCUT2D eigenvalue weighted by Gasteiger charge is 2.19. The first-order chi connectivity index (χ1) is 4.52. The molecule has 0 aliphatic heterocycles. The highest BCUT2D eigenvalue weighted by Crippen LogP contribution is 2.19. The van der Waals surface area contributed by atoms with Crippen LogP contribution in [0.25, 0.3) is 0 Å². The number of hydrogen-bond donors (Lipinski definition) is 0. The van der Waals surface area contributed by atoms with Crippen molar-refractivity contribution in [3.05, 3.63) is 0 Å². The molecule has 1 nitrogen and oxygen atoms in total. The molecule has 0 N–H and O–H groups in total. The zero-order chi connectivity index (χ0) is 8.20. The van der Waals surface area contributed by atoms with E-state index in [4.69, 9.17) is 16.3 Å². The maximum atomic E-state index is 5.66. The van der Waals surface area contributed by atoms with Gasteiger partial charge in [-0.2, -0.15) is 0 Å². The predicted molar refractivity (Wildman–Crippen MR) is 45.6 cm³/mol. The summed E-state index contributed by atoms with van der Waals surface area (Å²) in [6.45, 7) is 6.29. The zero-order valence-corrected chi connectivity index (χ0v) is 8.03. The lowest BCUT2D eigenvalue weighted by molar-refractivity contribution is 0.00601. The fraction of sp³-hybridized carbons (Fsp3) is 1.00. The van der Waals surface area contributed by atoms with Crippen molar-refractivity contribution in [1.82, 2.24) is 0 Å². The summed E-state index contributed by atoms with van der Waals surface area (Å²) < 4.78 is 5.25. The van der Waals surface area contributed by atoms with E-state index in [-0.39, 0.29) is 5.60 Å². The summed E-state index contributed by atoms with van der Waals surface area (Å²) in [5.41, 5.74) is -0.0195. The first-order valence-corrected chi connectivity index (χ1v) is 4.16. The molecular formula is C8H17ClO. The van der Waals surface area contributed by atoms with Crippen molar-refractivity contribution in [2.75, 3.05) is 13.0 Å². The van der Waals surface area contributed by atoms with Gasteiger partial charge in [-0.25, -0.2) is 0 Å². The van der Waals surface area contributed by atoms with Gasteiger partial charge in [0.05, 0.1) is 5.60 Å². The maximum absolute atomic E-state index is 5.66. The molecule has 0 aliphatic carbocycles. The first kappa shape index (κ1) is 10.2. The van der Waals surface area contributed by atoms with E-state index in [2.05, 4.69) is 20.8 Å². The monoisotopic (exact) mass is 164 g/mol. The molecule has 0 radical (unpaired) electrons. The summed E-state index contributed by atoms with van der Waals surface area (Å²) in [6, 6.07) is 0. The third kappa shape index (κ3) is 4.13. The number of methoxy groups -OCH3 is 1. The van der Waals surface area contributed by atoms with Gasteiger partial charge in [0, 0.05) is 13.0 Å². The summed E-state index contributed by atoms with van der Waals surface area (Å²) in [6.07, 6.45) is 1.02. The zero-order valence-electron chi connectivity index (χ0n) is 7.28. The van der Waals surface area contributed by atoms with Gasteiger partial charge in [-0.05, 0) is 26.2 Å². The molecule has 1 unspecified atom stereocenters. The van der Waals surface area contributed by atoms with Crippen molar-refractivity contribution in [1.29, 1.82) is 0 Å². The lowest BCUT2D eigenvalue weighted by Gasteiger charge is -2.25. The minimum absolute atomic E-state index is 0.0195. The number of hydrogen-bond acceptors (Lipinski definition) is 1. The van der Waals surface area contributed by atoms with Crippen molar-refractivity contribution in [3.63, 3.8) is 0 Å². The molecule has 0 spiro atoms. The lowest BCUT2D eigenvalue weighted by Crippen LogP contribution is -2.25. The fourth-order valence-corrected chi connectivity index (χ4v) is 1.09. The topological polar surface area (TPSA) is 9.23 Å². The molecule has 0 saturated heterocycles. The van der Waals surface area contributed by atoms with Crippen LogP contribution in [0.15, 0.2) is 0 Å². The highest BCUT2D eigenvalue weighted by molar-refractivity contribution is 6.18. The molecule has 0 aliphatic rings. The summed E-state index contributed by atoms with van der Waals surface area (Å²) in [5.74, 6) is 1.25.